The first kappa shape index (κ1) is 16.2. The van der Waals surface area contributed by atoms with Crippen LogP contribution < -0.4 is 10.1 Å². The third kappa shape index (κ3) is 3.53. The van der Waals surface area contributed by atoms with Crippen molar-refractivity contribution in [1.29, 1.82) is 0 Å². The summed E-state index contributed by atoms with van der Waals surface area (Å²) in [6.07, 6.45) is -4.44. The van der Waals surface area contributed by atoms with Crippen LogP contribution in [-0.2, 0) is 0 Å². The second kappa shape index (κ2) is 6.29. The van der Waals surface area contributed by atoms with Gasteiger partial charge in [-0.05, 0) is 17.7 Å². The van der Waals surface area contributed by atoms with Gasteiger partial charge in [0.1, 0.15) is 6.04 Å². The Bertz CT molecular complexity index is 505. The summed E-state index contributed by atoms with van der Waals surface area (Å²) in [6, 6.07) is 0.549. The zero-order valence-corrected chi connectivity index (χ0v) is 12.1. The highest BCUT2D eigenvalue weighted by Crippen LogP contribution is 2.43. The Morgan fingerprint density at radius 3 is 2.48 bits per heavy atom. The van der Waals surface area contributed by atoms with Gasteiger partial charge in [0.2, 0.25) is 0 Å². The van der Waals surface area contributed by atoms with Gasteiger partial charge in [0.25, 0.3) is 0 Å². The van der Waals surface area contributed by atoms with E-state index in [1.807, 2.05) is 0 Å². The number of phenolic OH excluding ortho intramolecular Hbond substituents is 1. The maximum Gasteiger partial charge on any atom is 0.408 e. The fraction of sp³-hybridized carbons (Fsp3) is 0.538. The third-order valence-electron chi connectivity index (χ3n) is 3.41. The fourth-order valence-corrected chi connectivity index (χ4v) is 2.67. The summed E-state index contributed by atoms with van der Waals surface area (Å²) in [5.74, 6) is -0.425. The van der Waals surface area contributed by atoms with Gasteiger partial charge < -0.3 is 15.2 Å². The number of piperazine rings is 1. The predicted octanol–water partition coefficient (Wildman–Crippen LogP) is 2.56. The summed E-state index contributed by atoms with van der Waals surface area (Å²) in [5, 5.41) is 12.5. The molecule has 118 valence electrons. The number of aromatic hydroxyl groups is 1. The van der Waals surface area contributed by atoms with Gasteiger partial charge >= 0.3 is 6.18 Å². The quantitative estimate of drug-likeness (QED) is 0.897. The summed E-state index contributed by atoms with van der Waals surface area (Å²) < 4.78 is 45.2. The molecule has 1 aromatic rings. The van der Waals surface area contributed by atoms with Crippen molar-refractivity contribution in [2.24, 2.45) is 0 Å². The molecule has 0 saturated carbocycles. The number of hydrogen-bond acceptors (Lipinski definition) is 4. The van der Waals surface area contributed by atoms with Crippen molar-refractivity contribution in [2.45, 2.75) is 12.2 Å². The molecule has 0 aromatic heterocycles. The molecule has 1 heterocycles. The minimum atomic E-state index is -4.44. The molecule has 0 aliphatic carbocycles. The largest absolute Gasteiger partial charge is 0.503 e. The number of alkyl halides is 3. The highest BCUT2D eigenvalue weighted by molar-refractivity contribution is 6.32. The Hall–Kier alpha value is -1.18. The Morgan fingerprint density at radius 2 is 1.95 bits per heavy atom. The Morgan fingerprint density at radius 1 is 1.33 bits per heavy atom. The van der Waals surface area contributed by atoms with Gasteiger partial charge in [-0.15, -0.1) is 0 Å². The molecular weight excluding hydrogens is 309 g/mol. The average molecular weight is 325 g/mol. The molecule has 21 heavy (non-hydrogen) atoms. The number of phenols is 1. The van der Waals surface area contributed by atoms with Gasteiger partial charge in [-0.3, -0.25) is 4.90 Å². The van der Waals surface area contributed by atoms with E-state index in [0.717, 1.165) is 6.07 Å². The van der Waals surface area contributed by atoms with Crippen molar-refractivity contribution >= 4 is 11.6 Å². The summed E-state index contributed by atoms with van der Waals surface area (Å²) in [7, 11) is 1.27. The number of benzene rings is 1. The highest BCUT2D eigenvalue weighted by Gasteiger charge is 2.45. The van der Waals surface area contributed by atoms with Crippen LogP contribution in [0.15, 0.2) is 12.1 Å². The lowest BCUT2D eigenvalue weighted by Gasteiger charge is -2.36. The molecule has 0 amide bonds. The minimum absolute atomic E-state index is 0.0379. The first-order valence-electron chi connectivity index (χ1n) is 6.42. The molecule has 2 N–H and O–H groups in total. The summed E-state index contributed by atoms with van der Waals surface area (Å²) in [4.78, 5) is 1.35. The molecule has 0 bridgehead atoms. The van der Waals surface area contributed by atoms with E-state index in [9.17, 15) is 18.3 Å². The summed E-state index contributed by atoms with van der Waals surface area (Å²) in [6.45, 7) is 1.56. The predicted molar refractivity (Wildman–Crippen MR) is 72.9 cm³/mol. The van der Waals surface area contributed by atoms with Gasteiger partial charge in [-0.1, -0.05) is 11.6 Å². The average Bonchev–Trinajstić information content (AvgIpc) is 2.42. The van der Waals surface area contributed by atoms with Gasteiger partial charge in [-0.2, -0.15) is 13.2 Å². The van der Waals surface area contributed by atoms with Crippen molar-refractivity contribution < 1.29 is 23.0 Å². The smallest absolute Gasteiger partial charge is 0.408 e. The number of ether oxygens (including phenoxy) is 1. The van der Waals surface area contributed by atoms with E-state index in [-0.39, 0.29) is 35.2 Å². The van der Waals surface area contributed by atoms with E-state index in [1.54, 1.807) is 0 Å². The molecule has 0 unspecified atom stereocenters. The van der Waals surface area contributed by atoms with Crippen LogP contribution in [0.1, 0.15) is 11.6 Å². The van der Waals surface area contributed by atoms with Gasteiger partial charge in [0, 0.05) is 26.2 Å². The first-order valence-corrected chi connectivity index (χ1v) is 6.80. The van der Waals surface area contributed by atoms with Crippen LogP contribution in [0.3, 0.4) is 0 Å². The summed E-state index contributed by atoms with van der Waals surface area (Å²) in [5.41, 5.74) is -0.0379. The number of rotatable bonds is 3. The van der Waals surface area contributed by atoms with E-state index in [2.05, 4.69) is 5.32 Å². The molecule has 8 heteroatoms. The van der Waals surface area contributed by atoms with Crippen molar-refractivity contribution in [3.05, 3.63) is 22.7 Å². The third-order valence-corrected chi connectivity index (χ3v) is 3.70. The van der Waals surface area contributed by atoms with E-state index in [0.29, 0.717) is 13.1 Å². The zero-order valence-electron chi connectivity index (χ0n) is 11.4. The highest BCUT2D eigenvalue weighted by atomic mass is 35.5. The first-order chi connectivity index (χ1) is 9.84. The number of nitrogens with one attached hydrogen (secondary N) is 1. The van der Waals surface area contributed by atoms with E-state index in [1.165, 1.54) is 18.1 Å². The van der Waals surface area contributed by atoms with E-state index in [4.69, 9.17) is 16.3 Å². The Kier molecular flexibility index (Phi) is 4.85. The lowest BCUT2D eigenvalue weighted by Crippen LogP contribution is -2.49. The number of nitrogens with zero attached hydrogens (tertiary/aromatic N) is 1. The molecule has 1 aromatic carbocycles. The molecule has 1 aliphatic rings. The molecule has 1 atom stereocenters. The van der Waals surface area contributed by atoms with Crippen LogP contribution in [-0.4, -0.2) is 49.5 Å². The van der Waals surface area contributed by atoms with Crippen molar-refractivity contribution in [1.82, 2.24) is 10.2 Å². The topological polar surface area (TPSA) is 44.7 Å². The molecule has 1 saturated heterocycles. The van der Waals surface area contributed by atoms with Gasteiger partial charge in [0.15, 0.2) is 11.5 Å². The lowest BCUT2D eigenvalue weighted by atomic mass is 10.0. The van der Waals surface area contributed by atoms with Crippen LogP contribution in [0, 0.1) is 0 Å². The molecular formula is C13H16ClF3N2O2. The molecule has 4 nitrogen and oxygen atoms in total. The second-order valence-electron chi connectivity index (χ2n) is 4.78. The standard InChI is InChI=1S/C13H16ClF3N2O2/c1-21-10-7-8(6-9(14)11(10)20)12(13(15,16)17)19-4-2-18-3-5-19/h6-7,12,18,20H,2-5H2,1H3/t12-/m0/s1. The normalized spacial score (nSPS) is 18.5. The molecule has 2 rings (SSSR count). The second-order valence-corrected chi connectivity index (χ2v) is 5.19. The molecule has 0 radical (unpaired) electrons. The SMILES string of the molecule is COc1cc([C@H](N2CCNCC2)C(F)(F)F)cc(Cl)c1O. The molecule has 1 fully saturated rings. The van der Waals surface area contributed by atoms with Crippen LogP contribution >= 0.6 is 11.6 Å². The Balaban J connectivity index is 2.43. The van der Waals surface area contributed by atoms with Crippen LogP contribution in [0.2, 0.25) is 5.02 Å². The van der Waals surface area contributed by atoms with Crippen molar-refractivity contribution in [2.75, 3.05) is 33.3 Å². The van der Waals surface area contributed by atoms with Gasteiger partial charge in [-0.25, -0.2) is 0 Å². The minimum Gasteiger partial charge on any atom is -0.503 e. The number of hydrogen-bond donors (Lipinski definition) is 2. The van der Waals surface area contributed by atoms with E-state index < -0.39 is 12.2 Å². The van der Waals surface area contributed by atoms with Crippen molar-refractivity contribution in [3.8, 4) is 11.5 Å². The molecule has 1 aliphatic heterocycles. The number of halogens is 4. The Labute approximate surface area is 125 Å². The summed E-state index contributed by atoms with van der Waals surface area (Å²) >= 11 is 5.80. The maximum atomic E-state index is 13.4. The zero-order chi connectivity index (χ0) is 15.6. The van der Waals surface area contributed by atoms with E-state index >= 15 is 0 Å². The monoisotopic (exact) mass is 324 g/mol. The van der Waals surface area contributed by atoms with Crippen molar-refractivity contribution in [3.63, 3.8) is 0 Å². The molecule has 0 spiro atoms. The number of methoxy groups -OCH3 is 1. The van der Waals surface area contributed by atoms with Crippen LogP contribution in [0.5, 0.6) is 11.5 Å². The maximum absolute atomic E-state index is 13.4. The van der Waals surface area contributed by atoms with Crippen LogP contribution in [0.4, 0.5) is 13.2 Å². The lowest BCUT2D eigenvalue weighted by molar-refractivity contribution is -0.187. The van der Waals surface area contributed by atoms with Gasteiger partial charge in [0.05, 0.1) is 12.1 Å². The fourth-order valence-electron chi connectivity index (χ4n) is 2.45. The van der Waals surface area contributed by atoms with Crippen LogP contribution in [0.25, 0.3) is 0 Å².